The summed E-state index contributed by atoms with van der Waals surface area (Å²) < 4.78 is 1.91. The average molecular weight is 272 g/mol. The smallest absolute Gasteiger partial charge is 0.212 e. The molecule has 4 nitrogen and oxygen atoms in total. The molecule has 0 bridgehead atoms. The Bertz CT molecular complexity index is 726. The summed E-state index contributed by atoms with van der Waals surface area (Å²) in [6, 6.07) is 6.36. The second-order valence-corrected chi connectivity index (χ2v) is 5.55. The van der Waals surface area contributed by atoms with Gasteiger partial charge in [-0.2, -0.15) is 4.98 Å². The molecule has 0 radical (unpaired) electrons. The second-order valence-electron chi connectivity index (χ2n) is 4.71. The molecule has 0 spiro atoms. The topological polar surface area (TPSA) is 56.2 Å². The summed E-state index contributed by atoms with van der Waals surface area (Å²) in [7, 11) is 0. The molecule has 0 saturated carbocycles. The first-order valence-corrected chi connectivity index (χ1v) is 7.18. The summed E-state index contributed by atoms with van der Waals surface area (Å²) in [5.74, 6) is 0.798. The van der Waals surface area contributed by atoms with Crippen molar-refractivity contribution in [1.29, 1.82) is 0 Å². The average Bonchev–Trinajstić information content (AvgIpc) is 2.95. The molecule has 1 aromatic carbocycles. The highest BCUT2D eigenvalue weighted by molar-refractivity contribution is 7.15. The molecule has 5 heteroatoms. The van der Waals surface area contributed by atoms with E-state index in [1.165, 1.54) is 11.1 Å². The number of hydrogen-bond acceptors (Lipinski definition) is 4. The van der Waals surface area contributed by atoms with E-state index in [1.807, 2.05) is 4.52 Å². The number of thiazole rings is 1. The number of hydrogen-bond donors (Lipinski definition) is 1. The maximum absolute atomic E-state index is 5.62. The van der Waals surface area contributed by atoms with E-state index in [9.17, 15) is 0 Å². The van der Waals surface area contributed by atoms with Crippen LogP contribution in [-0.4, -0.2) is 21.1 Å². The predicted molar refractivity (Wildman–Crippen MR) is 78.5 cm³/mol. The lowest BCUT2D eigenvalue weighted by atomic mass is 10.1. The minimum Gasteiger partial charge on any atom is -0.330 e. The largest absolute Gasteiger partial charge is 0.330 e. The van der Waals surface area contributed by atoms with Gasteiger partial charge in [-0.25, -0.2) is 4.52 Å². The van der Waals surface area contributed by atoms with Crippen LogP contribution in [0.5, 0.6) is 0 Å². The maximum atomic E-state index is 5.62. The number of rotatable bonds is 3. The number of fused-ring (bicyclic) bond motifs is 1. The van der Waals surface area contributed by atoms with Gasteiger partial charge < -0.3 is 5.73 Å². The molecule has 3 aromatic rings. The Morgan fingerprint density at radius 3 is 2.95 bits per heavy atom. The molecule has 0 amide bonds. The minimum atomic E-state index is 0.629. The van der Waals surface area contributed by atoms with Gasteiger partial charge in [0.2, 0.25) is 4.96 Å². The Morgan fingerprint density at radius 2 is 2.16 bits per heavy atom. The highest BCUT2D eigenvalue weighted by Gasteiger charge is 2.12. The van der Waals surface area contributed by atoms with Gasteiger partial charge >= 0.3 is 0 Å². The van der Waals surface area contributed by atoms with Crippen LogP contribution >= 0.6 is 11.3 Å². The normalized spacial score (nSPS) is 11.3. The van der Waals surface area contributed by atoms with Gasteiger partial charge in [-0.05, 0) is 32.0 Å². The van der Waals surface area contributed by atoms with Gasteiger partial charge in [0.15, 0.2) is 5.82 Å². The third-order valence-electron chi connectivity index (χ3n) is 3.18. The molecule has 2 heterocycles. The van der Waals surface area contributed by atoms with Crippen LogP contribution in [0.2, 0.25) is 0 Å². The molecule has 0 fully saturated rings. The molecular formula is C14H16N4S. The Balaban J connectivity index is 2.12. The van der Waals surface area contributed by atoms with Crippen LogP contribution in [0.3, 0.4) is 0 Å². The maximum Gasteiger partial charge on any atom is 0.212 e. The monoisotopic (exact) mass is 272 g/mol. The van der Waals surface area contributed by atoms with Crippen molar-refractivity contribution < 1.29 is 0 Å². The first-order valence-electron chi connectivity index (χ1n) is 6.30. The van der Waals surface area contributed by atoms with Crippen LogP contribution in [0.1, 0.15) is 16.8 Å². The van der Waals surface area contributed by atoms with E-state index in [4.69, 9.17) is 5.73 Å². The van der Waals surface area contributed by atoms with Crippen molar-refractivity contribution in [3.8, 4) is 11.4 Å². The zero-order valence-electron chi connectivity index (χ0n) is 11.1. The predicted octanol–water partition coefficient (Wildman–Crippen LogP) is 2.58. The van der Waals surface area contributed by atoms with Gasteiger partial charge in [-0.3, -0.25) is 0 Å². The van der Waals surface area contributed by atoms with Crippen molar-refractivity contribution in [1.82, 2.24) is 14.6 Å². The third-order valence-corrected chi connectivity index (χ3v) is 4.05. The summed E-state index contributed by atoms with van der Waals surface area (Å²) >= 11 is 1.61. The van der Waals surface area contributed by atoms with Crippen LogP contribution in [0.15, 0.2) is 23.6 Å². The Hall–Kier alpha value is -1.72. The summed E-state index contributed by atoms with van der Waals surface area (Å²) in [6.07, 6.45) is 0.829. The van der Waals surface area contributed by atoms with Crippen LogP contribution in [0.4, 0.5) is 0 Å². The van der Waals surface area contributed by atoms with Crippen LogP contribution in [-0.2, 0) is 6.42 Å². The van der Waals surface area contributed by atoms with Crippen molar-refractivity contribution in [2.45, 2.75) is 20.3 Å². The summed E-state index contributed by atoms with van der Waals surface area (Å²) in [5.41, 5.74) is 10.3. The number of nitrogens with zero attached hydrogens (tertiary/aromatic N) is 3. The van der Waals surface area contributed by atoms with E-state index in [0.717, 1.165) is 28.5 Å². The van der Waals surface area contributed by atoms with E-state index >= 15 is 0 Å². The van der Waals surface area contributed by atoms with Crippen LogP contribution in [0.25, 0.3) is 16.3 Å². The third kappa shape index (κ3) is 2.15. The molecule has 0 aliphatic heterocycles. The molecular weight excluding hydrogens is 256 g/mol. The number of benzene rings is 1. The SMILES string of the molecule is Cc1ccc(C)c(-c2nc3scc(CCN)n3n2)c1. The standard InChI is InChI=1S/C14H16N4S/c1-9-3-4-10(2)12(7-9)13-16-14-18(17-13)11(5-6-15)8-19-14/h3-4,7-8H,5-6,15H2,1-2H3. The van der Waals surface area contributed by atoms with Crippen molar-refractivity contribution in [2.75, 3.05) is 6.54 Å². The van der Waals surface area contributed by atoms with Crippen molar-refractivity contribution >= 4 is 16.3 Å². The van der Waals surface area contributed by atoms with E-state index in [1.54, 1.807) is 11.3 Å². The Kier molecular flexibility index (Phi) is 3.08. The minimum absolute atomic E-state index is 0.629. The Morgan fingerprint density at radius 1 is 1.32 bits per heavy atom. The zero-order valence-corrected chi connectivity index (χ0v) is 11.9. The van der Waals surface area contributed by atoms with Crippen molar-refractivity contribution in [2.24, 2.45) is 5.73 Å². The molecule has 3 rings (SSSR count). The lowest BCUT2D eigenvalue weighted by Gasteiger charge is -2.02. The van der Waals surface area contributed by atoms with Gasteiger partial charge in [-0.15, -0.1) is 16.4 Å². The fourth-order valence-electron chi connectivity index (χ4n) is 2.14. The Labute approximate surface area is 115 Å². The fraction of sp³-hybridized carbons (Fsp3) is 0.286. The molecule has 98 valence electrons. The summed E-state index contributed by atoms with van der Waals surface area (Å²) in [6.45, 7) is 4.80. The van der Waals surface area contributed by atoms with Crippen molar-refractivity contribution in [3.05, 3.63) is 40.4 Å². The highest BCUT2D eigenvalue weighted by Crippen LogP contribution is 2.24. The van der Waals surface area contributed by atoms with Gasteiger partial charge in [0, 0.05) is 17.4 Å². The van der Waals surface area contributed by atoms with Gasteiger partial charge in [0.25, 0.3) is 0 Å². The van der Waals surface area contributed by atoms with E-state index in [2.05, 4.69) is 47.5 Å². The molecule has 0 unspecified atom stereocenters. The molecule has 0 saturated heterocycles. The second kappa shape index (κ2) is 4.75. The molecule has 0 aliphatic rings. The lowest BCUT2D eigenvalue weighted by Crippen LogP contribution is -2.05. The quantitative estimate of drug-likeness (QED) is 0.797. The van der Waals surface area contributed by atoms with Gasteiger partial charge in [-0.1, -0.05) is 17.7 Å². The molecule has 0 aliphatic carbocycles. The van der Waals surface area contributed by atoms with E-state index in [-0.39, 0.29) is 0 Å². The van der Waals surface area contributed by atoms with Crippen molar-refractivity contribution in [3.63, 3.8) is 0 Å². The molecule has 2 aromatic heterocycles. The zero-order chi connectivity index (χ0) is 13.4. The first kappa shape index (κ1) is 12.3. The van der Waals surface area contributed by atoms with E-state index < -0.39 is 0 Å². The number of nitrogens with two attached hydrogens (primary N) is 1. The molecule has 2 N–H and O–H groups in total. The lowest BCUT2D eigenvalue weighted by molar-refractivity contribution is 0.843. The molecule has 0 atom stereocenters. The van der Waals surface area contributed by atoms with Gasteiger partial charge in [0.1, 0.15) is 0 Å². The summed E-state index contributed by atoms with van der Waals surface area (Å²) in [5, 5.41) is 6.70. The highest BCUT2D eigenvalue weighted by atomic mass is 32.1. The fourth-order valence-corrected chi connectivity index (χ4v) is 2.99. The van der Waals surface area contributed by atoms with Crippen LogP contribution < -0.4 is 5.73 Å². The van der Waals surface area contributed by atoms with Crippen LogP contribution in [0, 0.1) is 13.8 Å². The number of aromatic nitrogens is 3. The first-order chi connectivity index (χ1) is 9.19. The van der Waals surface area contributed by atoms with Gasteiger partial charge in [0.05, 0.1) is 5.69 Å². The summed E-state index contributed by atoms with van der Waals surface area (Å²) in [4.78, 5) is 5.55. The van der Waals surface area contributed by atoms with E-state index in [0.29, 0.717) is 6.54 Å². The number of aryl methyl sites for hydroxylation is 2. The molecule has 19 heavy (non-hydrogen) atoms.